The van der Waals surface area contributed by atoms with E-state index in [4.69, 9.17) is 0 Å². The molecular weight excluding hydrogens is 635 g/mol. The van der Waals surface area contributed by atoms with Crippen molar-refractivity contribution >= 4 is 28.2 Å². The molecule has 4 rings (SSSR count). The van der Waals surface area contributed by atoms with Crippen LogP contribution in [0.5, 0.6) is 0 Å². The van der Waals surface area contributed by atoms with Gasteiger partial charge in [-0.3, -0.25) is 9.59 Å². The van der Waals surface area contributed by atoms with Crippen LogP contribution in [0.4, 0.5) is 0 Å². The summed E-state index contributed by atoms with van der Waals surface area (Å²) in [6.45, 7) is 3.35. The number of ketones is 2. The van der Waals surface area contributed by atoms with Gasteiger partial charge in [0.05, 0.1) is 12.0 Å². The zero-order valence-corrected chi connectivity index (χ0v) is 23.2. The van der Waals surface area contributed by atoms with E-state index in [2.05, 4.69) is 12.2 Å². The summed E-state index contributed by atoms with van der Waals surface area (Å²) in [4.78, 5) is 37.8. The fourth-order valence-electron chi connectivity index (χ4n) is 3.93. The monoisotopic (exact) mass is 658 g/mol. The van der Waals surface area contributed by atoms with Crippen LogP contribution in [0.1, 0.15) is 21.5 Å². The number of fused-ring (bicyclic) bond motifs is 2. The van der Waals surface area contributed by atoms with E-state index in [1.807, 2.05) is 54.6 Å². The molecule has 4 nitrogen and oxygen atoms in total. The van der Waals surface area contributed by atoms with E-state index in [9.17, 15) is 14.4 Å². The Labute approximate surface area is 222 Å². The molecule has 0 spiro atoms. The van der Waals surface area contributed by atoms with Crippen molar-refractivity contribution in [1.29, 1.82) is 0 Å². The molecule has 1 radical (unpaired) electrons. The number of rotatable bonds is 5. The molecule has 0 fully saturated rings. The van der Waals surface area contributed by atoms with Crippen LogP contribution >= 0.6 is 0 Å². The van der Waals surface area contributed by atoms with Gasteiger partial charge in [0.25, 0.3) is 5.91 Å². The molecule has 0 atom stereocenters. The second kappa shape index (κ2) is 11.3. The van der Waals surface area contributed by atoms with Crippen molar-refractivity contribution in [2.45, 2.75) is 12.8 Å². The molecule has 1 aliphatic rings. The maximum atomic E-state index is 12.9. The van der Waals surface area contributed by atoms with Crippen molar-refractivity contribution in [3.05, 3.63) is 97.8 Å². The summed E-state index contributed by atoms with van der Waals surface area (Å²) in [5, 5.41) is 4.68. The van der Waals surface area contributed by atoms with Gasteiger partial charge in [0.15, 0.2) is 5.78 Å². The molecule has 0 aromatic heterocycles. The number of benzene rings is 3. The van der Waals surface area contributed by atoms with Gasteiger partial charge in [-0.15, -0.1) is 0 Å². The Kier molecular flexibility index (Phi) is 10.0. The van der Waals surface area contributed by atoms with E-state index in [-0.39, 0.29) is 79.4 Å². The first-order valence-electron chi connectivity index (χ1n) is 9.23. The van der Waals surface area contributed by atoms with Gasteiger partial charge in [-0.2, -0.15) is 0 Å². The van der Waals surface area contributed by atoms with Crippen LogP contribution < -0.4 is 5.32 Å². The Morgan fingerprint density at radius 3 is 2.00 bits per heavy atom. The normalized spacial score (nSPS) is 13.0. The molecule has 157 valence electrons. The number of Topliss-reactive ketones (excluding diaryl/α,β-unsaturated/α-hetero) is 2. The van der Waals surface area contributed by atoms with Crippen molar-refractivity contribution in [2.75, 3.05) is 6.54 Å². The average molecular weight is 658 g/mol. The minimum atomic E-state index is -1.18. The molecule has 0 saturated carbocycles. The maximum Gasteiger partial charge on any atom is 0.251 e. The number of carbonyl (C=O) groups excluding carboxylic acids is 3. The smallest absolute Gasteiger partial charge is 0.251 e. The first-order chi connectivity index (χ1) is 13.5. The fourth-order valence-corrected chi connectivity index (χ4v) is 3.93. The second-order valence-corrected chi connectivity index (χ2v) is 7.30. The summed E-state index contributed by atoms with van der Waals surface area (Å²) < 4.78 is 0. The number of amides is 1. The Morgan fingerprint density at radius 2 is 1.42 bits per heavy atom. The summed E-state index contributed by atoms with van der Waals surface area (Å²) in [7, 11) is 0. The molecule has 1 N–H and O–H groups in total. The van der Waals surface area contributed by atoms with E-state index in [1.54, 1.807) is 12.1 Å². The molecule has 3 aromatic carbocycles. The van der Waals surface area contributed by atoms with E-state index in [1.165, 1.54) is 0 Å². The Balaban J connectivity index is 0.00000160. The minimum Gasteiger partial charge on any atom is -0.358 e. The van der Waals surface area contributed by atoms with E-state index >= 15 is 0 Å². The SMILES string of the molecule is [CH2-]C(=O)C1(C(=O)CNC(=O)c2ccc3ccccc3c2)Cc2ccccc2C1.[CH3-].[W].[Y]. The Bertz CT molecular complexity index is 1090. The molecule has 1 aliphatic carbocycles. The Morgan fingerprint density at radius 1 is 0.871 bits per heavy atom. The van der Waals surface area contributed by atoms with Crippen LogP contribution in [-0.4, -0.2) is 24.0 Å². The zero-order valence-electron chi connectivity index (χ0n) is 17.4. The van der Waals surface area contributed by atoms with Gasteiger partial charge in [0, 0.05) is 65.1 Å². The molecule has 3 aromatic rings. The number of hydrogen-bond acceptors (Lipinski definition) is 3. The number of carbonyl (C=O) groups is 3. The van der Waals surface area contributed by atoms with Gasteiger partial charge in [0.1, 0.15) is 0 Å². The van der Waals surface area contributed by atoms with Crippen molar-refractivity contribution < 1.29 is 68.2 Å². The van der Waals surface area contributed by atoms with E-state index in [0.29, 0.717) is 18.4 Å². The first kappa shape index (κ1) is 27.4. The Hall–Kier alpha value is -1.61. The summed E-state index contributed by atoms with van der Waals surface area (Å²) in [5.41, 5.74) is 1.29. The average Bonchev–Trinajstić information content (AvgIpc) is 3.12. The summed E-state index contributed by atoms with van der Waals surface area (Å²) in [6, 6.07) is 20.8. The number of nitrogens with one attached hydrogen (secondary N) is 1. The predicted octanol–water partition coefficient (Wildman–Crippen LogP) is 3.77. The van der Waals surface area contributed by atoms with Gasteiger partial charge < -0.3 is 24.5 Å². The van der Waals surface area contributed by atoms with E-state index < -0.39 is 11.2 Å². The van der Waals surface area contributed by atoms with Gasteiger partial charge in [-0.25, -0.2) is 0 Å². The summed E-state index contributed by atoms with van der Waals surface area (Å²) >= 11 is 0. The van der Waals surface area contributed by atoms with Crippen molar-refractivity contribution in [2.24, 2.45) is 5.41 Å². The van der Waals surface area contributed by atoms with Crippen LogP contribution in [0.25, 0.3) is 10.8 Å². The molecule has 0 heterocycles. The van der Waals surface area contributed by atoms with Crippen LogP contribution in [-0.2, 0) is 76.2 Å². The molecule has 0 saturated heterocycles. The first-order valence-corrected chi connectivity index (χ1v) is 9.23. The molecule has 0 bridgehead atoms. The molecular formula is C25H23NO3WY-2. The third kappa shape index (κ3) is 5.42. The predicted molar refractivity (Wildman–Crippen MR) is 114 cm³/mol. The van der Waals surface area contributed by atoms with Crippen molar-refractivity contribution in [1.82, 2.24) is 5.32 Å². The third-order valence-corrected chi connectivity index (χ3v) is 5.59. The molecule has 0 unspecified atom stereocenters. The molecule has 6 heteroatoms. The quantitative estimate of drug-likeness (QED) is 0.336. The fraction of sp³-hybridized carbons (Fsp3) is 0.160. The van der Waals surface area contributed by atoms with Crippen molar-refractivity contribution in [3.8, 4) is 0 Å². The zero-order chi connectivity index (χ0) is 19.7. The van der Waals surface area contributed by atoms with Gasteiger partial charge in [-0.1, -0.05) is 54.6 Å². The summed E-state index contributed by atoms with van der Waals surface area (Å²) in [5.74, 6) is -1.02. The molecule has 1 amide bonds. The van der Waals surface area contributed by atoms with Crippen LogP contribution in [0.3, 0.4) is 0 Å². The molecule has 31 heavy (non-hydrogen) atoms. The van der Waals surface area contributed by atoms with Gasteiger partial charge in [-0.05, 0) is 46.9 Å². The van der Waals surface area contributed by atoms with Crippen LogP contribution in [0.2, 0.25) is 0 Å². The van der Waals surface area contributed by atoms with Gasteiger partial charge >= 0.3 is 0 Å². The number of hydrogen-bond donors (Lipinski definition) is 1. The molecule has 0 aliphatic heterocycles. The van der Waals surface area contributed by atoms with Crippen molar-refractivity contribution in [3.63, 3.8) is 0 Å². The van der Waals surface area contributed by atoms with Gasteiger partial charge in [0.2, 0.25) is 0 Å². The maximum absolute atomic E-state index is 12.9. The largest absolute Gasteiger partial charge is 0.358 e. The van der Waals surface area contributed by atoms with E-state index in [0.717, 1.165) is 21.9 Å². The third-order valence-electron chi connectivity index (χ3n) is 5.59. The minimum absolute atomic E-state index is 0. The second-order valence-electron chi connectivity index (χ2n) is 7.30. The van der Waals surface area contributed by atoms with Crippen LogP contribution in [0.15, 0.2) is 66.7 Å². The topological polar surface area (TPSA) is 63.2 Å². The standard InChI is InChI=1S/C24H20NO3.CH3.W.Y/c1-16(26)24(13-20-8-4-5-9-21(20)14-24)22(27)15-25-23(28)19-11-10-17-6-2-3-7-18(17)12-19;;;/h2-12H,1,13-15H2,(H,25,28);1H3;;/q2*-1;;. The van der Waals surface area contributed by atoms with Crippen LogP contribution in [0, 0.1) is 19.8 Å². The summed E-state index contributed by atoms with van der Waals surface area (Å²) in [6.07, 6.45) is 0.687.